The Morgan fingerprint density at radius 1 is 0.281 bits per heavy atom. The molecular formula is C52H34N4S. The van der Waals surface area contributed by atoms with Crippen LogP contribution in [0.2, 0.25) is 0 Å². The van der Waals surface area contributed by atoms with E-state index in [1.807, 2.05) is 36.4 Å². The average Bonchev–Trinajstić information content (AvgIpc) is 3.29. The second-order valence-corrected chi connectivity index (χ2v) is 15.0. The van der Waals surface area contributed by atoms with Gasteiger partial charge < -0.3 is 0 Å². The van der Waals surface area contributed by atoms with Gasteiger partial charge in [-0.2, -0.15) is 0 Å². The Labute approximate surface area is 335 Å². The van der Waals surface area contributed by atoms with Gasteiger partial charge in [0.25, 0.3) is 0 Å². The third-order valence-corrected chi connectivity index (χ3v) is 11.2. The molecule has 0 fully saturated rings. The molecule has 5 heteroatoms. The van der Waals surface area contributed by atoms with Crippen LogP contribution < -0.4 is 0 Å². The van der Waals surface area contributed by atoms with Crippen molar-refractivity contribution >= 4 is 33.3 Å². The summed E-state index contributed by atoms with van der Waals surface area (Å²) in [6.45, 7) is 0. The zero-order valence-corrected chi connectivity index (χ0v) is 31.6. The van der Waals surface area contributed by atoms with Gasteiger partial charge in [-0.05, 0) is 57.9 Å². The number of hydrogen-bond donors (Lipinski definition) is 0. The van der Waals surface area contributed by atoms with E-state index in [4.69, 9.17) is 19.9 Å². The van der Waals surface area contributed by atoms with E-state index in [1.54, 1.807) is 11.8 Å². The minimum atomic E-state index is 0.695. The van der Waals surface area contributed by atoms with Gasteiger partial charge in [-0.15, -0.1) is 0 Å². The lowest BCUT2D eigenvalue weighted by Crippen LogP contribution is -1.96. The van der Waals surface area contributed by atoms with Gasteiger partial charge in [0.1, 0.15) is 0 Å². The van der Waals surface area contributed by atoms with Crippen molar-refractivity contribution in [3.05, 3.63) is 206 Å². The smallest absolute Gasteiger partial charge is 0.160 e. The summed E-state index contributed by atoms with van der Waals surface area (Å²) >= 11 is 1.72. The quantitative estimate of drug-likeness (QED) is 0.155. The maximum Gasteiger partial charge on any atom is 0.160 e. The number of rotatable bonds is 8. The molecule has 4 nitrogen and oxygen atoms in total. The molecule has 0 spiro atoms. The van der Waals surface area contributed by atoms with Crippen LogP contribution in [-0.2, 0) is 0 Å². The monoisotopic (exact) mass is 746 g/mol. The van der Waals surface area contributed by atoms with Crippen molar-refractivity contribution in [2.45, 2.75) is 9.79 Å². The molecular weight excluding hydrogens is 713 g/mol. The van der Waals surface area contributed by atoms with E-state index in [2.05, 4.69) is 170 Å². The Balaban J connectivity index is 0.951. The molecule has 8 aromatic carbocycles. The van der Waals surface area contributed by atoms with Crippen molar-refractivity contribution in [1.29, 1.82) is 0 Å². The summed E-state index contributed by atoms with van der Waals surface area (Å²) in [6.07, 6.45) is 0. The number of fused-ring (bicyclic) bond motifs is 2. The highest BCUT2D eigenvalue weighted by Crippen LogP contribution is 2.36. The maximum absolute atomic E-state index is 5.14. The molecule has 0 saturated carbocycles. The Kier molecular flexibility index (Phi) is 9.11. The predicted octanol–water partition coefficient (Wildman–Crippen LogP) is 13.7. The lowest BCUT2D eigenvalue weighted by molar-refractivity contribution is 1.18. The summed E-state index contributed by atoms with van der Waals surface area (Å²) in [4.78, 5) is 22.7. The highest BCUT2D eigenvalue weighted by molar-refractivity contribution is 7.99. The topological polar surface area (TPSA) is 51.6 Å². The van der Waals surface area contributed by atoms with E-state index < -0.39 is 0 Å². The molecule has 0 atom stereocenters. The van der Waals surface area contributed by atoms with Gasteiger partial charge in [0, 0.05) is 43.2 Å². The van der Waals surface area contributed by atoms with E-state index in [-0.39, 0.29) is 0 Å². The van der Waals surface area contributed by atoms with Crippen molar-refractivity contribution in [3.63, 3.8) is 0 Å². The van der Waals surface area contributed by atoms with Gasteiger partial charge in [-0.25, -0.2) is 19.9 Å². The number of nitrogens with zero attached hydrogens (tertiary/aromatic N) is 4. The summed E-state index contributed by atoms with van der Waals surface area (Å²) in [5.74, 6) is 1.39. The Morgan fingerprint density at radius 2 is 0.649 bits per heavy atom. The Hall–Kier alpha value is -7.21. The number of hydrogen-bond acceptors (Lipinski definition) is 5. The van der Waals surface area contributed by atoms with Gasteiger partial charge in [-0.1, -0.05) is 182 Å². The third-order valence-electron chi connectivity index (χ3n) is 10.2. The molecule has 0 radical (unpaired) electrons. The molecule has 10 rings (SSSR count). The van der Waals surface area contributed by atoms with Crippen LogP contribution in [-0.4, -0.2) is 19.9 Å². The minimum Gasteiger partial charge on any atom is -0.228 e. The summed E-state index contributed by atoms with van der Waals surface area (Å²) < 4.78 is 0. The number of benzene rings is 8. The van der Waals surface area contributed by atoms with Crippen LogP contribution in [0.1, 0.15) is 0 Å². The molecule has 0 aliphatic heterocycles. The fraction of sp³-hybridized carbons (Fsp3) is 0. The van der Waals surface area contributed by atoms with Crippen LogP contribution in [0.4, 0.5) is 0 Å². The van der Waals surface area contributed by atoms with E-state index in [1.165, 1.54) is 21.5 Å². The normalized spacial score (nSPS) is 11.2. The first kappa shape index (κ1) is 34.3. The maximum atomic E-state index is 5.14. The highest BCUT2D eigenvalue weighted by atomic mass is 32.2. The van der Waals surface area contributed by atoms with Crippen LogP contribution in [0, 0.1) is 0 Å². The van der Waals surface area contributed by atoms with E-state index in [9.17, 15) is 0 Å². The SMILES string of the molecule is c1ccc(-c2cc(-c3cccc4ccccc34)nc(-c3ccc(Sc4ccc(-c5nc(-c6ccccc6)cc(-c6cccc7ccccc67)n5)cc4)cc3)n2)cc1. The average molecular weight is 747 g/mol. The van der Waals surface area contributed by atoms with Crippen molar-refractivity contribution in [2.75, 3.05) is 0 Å². The first-order valence-corrected chi connectivity index (χ1v) is 19.8. The van der Waals surface area contributed by atoms with Crippen molar-refractivity contribution in [2.24, 2.45) is 0 Å². The highest BCUT2D eigenvalue weighted by Gasteiger charge is 2.15. The molecule has 2 aromatic heterocycles. The molecule has 0 aliphatic rings. The molecule has 0 bridgehead atoms. The summed E-state index contributed by atoms with van der Waals surface area (Å²) in [5.41, 5.74) is 9.80. The second kappa shape index (κ2) is 15.1. The van der Waals surface area contributed by atoms with Gasteiger partial charge >= 0.3 is 0 Å². The lowest BCUT2D eigenvalue weighted by atomic mass is 10.0. The first-order chi connectivity index (χ1) is 28.2. The molecule has 0 unspecified atom stereocenters. The van der Waals surface area contributed by atoms with Crippen LogP contribution in [0.25, 0.3) is 89.4 Å². The molecule has 2 heterocycles. The first-order valence-electron chi connectivity index (χ1n) is 19.0. The fourth-order valence-electron chi connectivity index (χ4n) is 7.32. The summed E-state index contributed by atoms with van der Waals surface area (Å²) in [6, 6.07) is 71.6. The molecule has 0 saturated heterocycles. The zero-order chi connectivity index (χ0) is 38.0. The van der Waals surface area contributed by atoms with Gasteiger partial charge in [0.05, 0.1) is 22.8 Å². The van der Waals surface area contributed by atoms with Crippen LogP contribution in [0.15, 0.2) is 216 Å². The van der Waals surface area contributed by atoms with Gasteiger partial charge in [0.2, 0.25) is 0 Å². The molecule has 0 N–H and O–H groups in total. The Morgan fingerprint density at radius 3 is 1.09 bits per heavy atom. The predicted molar refractivity (Wildman–Crippen MR) is 236 cm³/mol. The third kappa shape index (κ3) is 7.08. The fourth-order valence-corrected chi connectivity index (χ4v) is 8.14. The molecule has 268 valence electrons. The van der Waals surface area contributed by atoms with Gasteiger partial charge in [0.15, 0.2) is 11.6 Å². The van der Waals surface area contributed by atoms with Crippen molar-refractivity contribution in [1.82, 2.24) is 19.9 Å². The molecule has 0 amide bonds. The second-order valence-electron chi connectivity index (χ2n) is 13.9. The van der Waals surface area contributed by atoms with Crippen LogP contribution >= 0.6 is 11.8 Å². The van der Waals surface area contributed by atoms with E-state index in [0.29, 0.717) is 11.6 Å². The standard InChI is InChI=1S/C52H34N4S/c1-3-15-37(16-4-1)47-33-49(45-23-11-19-35-13-7-9-21-43(35)45)55-51(53-47)39-25-29-41(30-26-39)57-42-31-27-40(28-32-42)52-54-48(38-17-5-2-6-18-38)34-50(56-52)46-24-12-20-36-14-8-10-22-44(36)46/h1-34H. The largest absolute Gasteiger partial charge is 0.228 e. The van der Waals surface area contributed by atoms with Crippen molar-refractivity contribution in [3.8, 4) is 67.8 Å². The van der Waals surface area contributed by atoms with E-state index in [0.717, 1.165) is 65.9 Å². The molecule has 0 aliphatic carbocycles. The molecule has 57 heavy (non-hydrogen) atoms. The van der Waals surface area contributed by atoms with Gasteiger partial charge in [-0.3, -0.25) is 0 Å². The summed E-state index contributed by atoms with van der Waals surface area (Å²) in [7, 11) is 0. The lowest BCUT2D eigenvalue weighted by Gasteiger charge is -2.12. The minimum absolute atomic E-state index is 0.695. The summed E-state index contributed by atoms with van der Waals surface area (Å²) in [5, 5.41) is 4.71. The van der Waals surface area contributed by atoms with E-state index >= 15 is 0 Å². The van der Waals surface area contributed by atoms with Crippen molar-refractivity contribution < 1.29 is 0 Å². The Bertz CT molecular complexity index is 2800. The van der Waals surface area contributed by atoms with Crippen LogP contribution in [0.5, 0.6) is 0 Å². The number of aromatic nitrogens is 4. The zero-order valence-electron chi connectivity index (χ0n) is 30.8. The molecule has 10 aromatic rings. The van der Waals surface area contributed by atoms with Crippen LogP contribution in [0.3, 0.4) is 0 Å².